The molecule has 21 heavy (non-hydrogen) atoms. The number of carbonyl (C=O) groups is 1. The summed E-state index contributed by atoms with van der Waals surface area (Å²) in [6.45, 7) is 1.09. The average molecular weight is 284 g/mol. The molecule has 0 heterocycles. The van der Waals surface area contributed by atoms with E-state index in [4.69, 9.17) is 10.5 Å². The minimum absolute atomic E-state index is 0.0388. The van der Waals surface area contributed by atoms with Crippen molar-refractivity contribution in [2.24, 2.45) is 5.73 Å². The lowest BCUT2D eigenvalue weighted by molar-refractivity contribution is -0.132. The molecule has 2 N–H and O–H groups in total. The third-order valence-corrected chi connectivity index (χ3v) is 3.18. The van der Waals surface area contributed by atoms with E-state index in [1.54, 1.807) is 11.9 Å². The van der Waals surface area contributed by atoms with Crippen LogP contribution >= 0.6 is 0 Å². The van der Waals surface area contributed by atoms with E-state index in [1.807, 2.05) is 54.6 Å². The average Bonchev–Trinajstić information content (AvgIpc) is 2.53. The lowest BCUT2D eigenvalue weighted by atomic mass is 10.1. The first kappa shape index (κ1) is 15.1. The van der Waals surface area contributed by atoms with Gasteiger partial charge < -0.3 is 15.4 Å². The molecule has 0 aliphatic carbocycles. The summed E-state index contributed by atoms with van der Waals surface area (Å²) in [5, 5.41) is 0. The molecule has 0 atom stereocenters. The Balaban J connectivity index is 1.87. The van der Waals surface area contributed by atoms with Crippen LogP contribution in [0.2, 0.25) is 0 Å². The first-order valence-corrected chi connectivity index (χ1v) is 6.88. The highest BCUT2D eigenvalue weighted by atomic mass is 16.5. The second-order valence-corrected chi connectivity index (χ2v) is 4.88. The molecule has 4 heteroatoms. The molecule has 0 bridgehead atoms. The monoisotopic (exact) mass is 284 g/mol. The fraction of sp³-hybridized carbons (Fsp3) is 0.235. The van der Waals surface area contributed by atoms with E-state index in [2.05, 4.69) is 0 Å². The molecular weight excluding hydrogens is 264 g/mol. The zero-order chi connectivity index (χ0) is 15.1. The Kier molecular flexibility index (Phi) is 5.35. The molecule has 0 saturated carbocycles. The van der Waals surface area contributed by atoms with Gasteiger partial charge in [-0.05, 0) is 23.3 Å². The van der Waals surface area contributed by atoms with Crippen molar-refractivity contribution in [1.29, 1.82) is 0 Å². The zero-order valence-corrected chi connectivity index (χ0v) is 12.2. The molecule has 0 radical (unpaired) electrons. The molecular formula is C17H20N2O2. The zero-order valence-electron chi connectivity index (χ0n) is 12.2. The number of nitrogens with two attached hydrogens (primary N) is 1. The highest BCUT2D eigenvalue weighted by Gasteiger charge is 2.10. The van der Waals surface area contributed by atoms with Crippen LogP contribution in [0, 0.1) is 0 Å². The predicted octanol–water partition coefficient (Wildman–Crippen LogP) is 2.18. The highest BCUT2D eigenvalue weighted by molar-refractivity contribution is 5.77. The van der Waals surface area contributed by atoms with Crippen molar-refractivity contribution in [2.45, 2.75) is 13.1 Å². The molecule has 0 aliphatic heterocycles. The fourth-order valence-electron chi connectivity index (χ4n) is 1.99. The standard InChI is InChI=1S/C17H20N2O2/c1-19(12-15-7-5-6-14(10-15)11-18)17(20)13-21-16-8-3-2-4-9-16/h2-10H,11-13,18H2,1H3. The maximum absolute atomic E-state index is 12.1. The largest absolute Gasteiger partial charge is 0.484 e. The summed E-state index contributed by atoms with van der Waals surface area (Å²) >= 11 is 0. The van der Waals surface area contributed by atoms with E-state index in [-0.39, 0.29) is 12.5 Å². The minimum atomic E-state index is -0.0583. The molecule has 0 aromatic heterocycles. The van der Waals surface area contributed by atoms with Gasteiger partial charge in [-0.1, -0.05) is 42.5 Å². The Morgan fingerprint density at radius 3 is 2.52 bits per heavy atom. The fourth-order valence-corrected chi connectivity index (χ4v) is 1.99. The predicted molar refractivity (Wildman–Crippen MR) is 82.7 cm³/mol. The SMILES string of the molecule is CN(Cc1cccc(CN)c1)C(=O)COc1ccccc1. The molecule has 4 nitrogen and oxygen atoms in total. The molecule has 2 aromatic carbocycles. The summed E-state index contributed by atoms with van der Waals surface area (Å²) in [7, 11) is 1.77. The molecule has 0 unspecified atom stereocenters. The van der Waals surface area contributed by atoms with Gasteiger partial charge in [-0.15, -0.1) is 0 Å². The number of para-hydroxylation sites is 1. The van der Waals surface area contributed by atoms with Crippen LogP contribution in [0.25, 0.3) is 0 Å². The van der Waals surface area contributed by atoms with Crippen molar-refractivity contribution >= 4 is 5.91 Å². The van der Waals surface area contributed by atoms with E-state index >= 15 is 0 Å². The topological polar surface area (TPSA) is 55.6 Å². The Morgan fingerprint density at radius 2 is 1.81 bits per heavy atom. The number of ether oxygens (including phenoxy) is 1. The second kappa shape index (κ2) is 7.45. The normalized spacial score (nSPS) is 10.2. The third-order valence-electron chi connectivity index (χ3n) is 3.18. The van der Waals surface area contributed by atoms with Crippen LogP contribution in [0.15, 0.2) is 54.6 Å². The highest BCUT2D eigenvalue weighted by Crippen LogP contribution is 2.10. The van der Waals surface area contributed by atoms with Crippen LogP contribution in [-0.2, 0) is 17.9 Å². The molecule has 0 aliphatic rings. The first-order valence-electron chi connectivity index (χ1n) is 6.88. The van der Waals surface area contributed by atoms with Crippen LogP contribution in [0.3, 0.4) is 0 Å². The van der Waals surface area contributed by atoms with Gasteiger partial charge in [-0.3, -0.25) is 4.79 Å². The van der Waals surface area contributed by atoms with E-state index in [9.17, 15) is 4.79 Å². The minimum Gasteiger partial charge on any atom is -0.484 e. The summed E-state index contributed by atoms with van der Waals surface area (Å²) in [5.41, 5.74) is 7.75. The van der Waals surface area contributed by atoms with Gasteiger partial charge in [0.25, 0.3) is 5.91 Å². The summed E-state index contributed by atoms with van der Waals surface area (Å²) < 4.78 is 5.46. The van der Waals surface area contributed by atoms with Crippen molar-refractivity contribution in [1.82, 2.24) is 4.90 Å². The number of benzene rings is 2. The van der Waals surface area contributed by atoms with Crippen LogP contribution in [0.4, 0.5) is 0 Å². The van der Waals surface area contributed by atoms with Crippen LogP contribution in [-0.4, -0.2) is 24.5 Å². The van der Waals surface area contributed by atoms with Gasteiger partial charge >= 0.3 is 0 Å². The Bertz CT molecular complexity index is 584. The third kappa shape index (κ3) is 4.61. The van der Waals surface area contributed by atoms with Crippen molar-refractivity contribution in [3.8, 4) is 5.75 Å². The first-order chi connectivity index (χ1) is 10.2. The lowest BCUT2D eigenvalue weighted by Crippen LogP contribution is -2.31. The number of hydrogen-bond donors (Lipinski definition) is 1. The molecule has 2 aromatic rings. The van der Waals surface area contributed by atoms with Crippen LogP contribution < -0.4 is 10.5 Å². The Morgan fingerprint density at radius 1 is 1.10 bits per heavy atom. The van der Waals surface area contributed by atoms with Gasteiger partial charge in [0.05, 0.1) is 0 Å². The van der Waals surface area contributed by atoms with Crippen molar-refractivity contribution in [3.05, 3.63) is 65.7 Å². The van der Waals surface area contributed by atoms with Crippen LogP contribution in [0.5, 0.6) is 5.75 Å². The lowest BCUT2D eigenvalue weighted by Gasteiger charge is -2.18. The van der Waals surface area contributed by atoms with Gasteiger partial charge in [0.1, 0.15) is 5.75 Å². The van der Waals surface area contributed by atoms with E-state index in [1.165, 1.54) is 0 Å². The molecule has 0 saturated heterocycles. The van der Waals surface area contributed by atoms with Gasteiger partial charge in [-0.25, -0.2) is 0 Å². The van der Waals surface area contributed by atoms with Crippen molar-refractivity contribution < 1.29 is 9.53 Å². The summed E-state index contributed by atoms with van der Waals surface area (Å²) in [6.07, 6.45) is 0. The van der Waals surface area contributed by atoms with Crippen LogP contribution in [0.1, 0.15) is 11.1 Å². The number of nitrogens with zero attached hydrogens (tertiary/aromatic N) is 1. The Hall–Kier alpha value is -2.33. The molecule has 2 rings (SSSR count). The van der Waals surface area contributed by atoms with E-state index in [0.717, 1.165) is 11.1 Å². The Labute approximate surface area is 125 Å². The number of likely N-dealkylation sites (N-methyl/N-ethyl adjacent to an activating group) is 1. The smallest absolute Gasteiger partial charge is 0.260 e. The quantitative estimate of drug-likeness (QED) is 0.884. The summed E-state index contributed by atoms with van der Waals surface area (Å²) in [5.74, 6) is 0.640. The number of amides is 1. The van der Waals surface area contributed by atoms with E-state index in [0.29, 0.717) is 18.8 Å². The second-order valence-electron chi connectivity index (χ2n) is 4.88. The summed E-state index contributed by atoms with van der Waals surface area (Å²) in [4.78, 5) is 13.7. The molecule has 110 valence electrons. The van der Waals surface area contributed by atoms with Crippen molar-refractivity contribution in [3.63, 3.8) is 0 Å². The van der Waals surface area contributed by atoms with Gasteiger partial charge in [0, 0.05) is 20.1 Å². The molecule has 1 amide bonds. The maximum Gasteiger partial charge on any atom is 0.260 e. The number of rotatable bonds is 6. The summed E-state index contributed by atoms with van der Waals surface area (Å²) in [6, 6.07) is 17.3. The molecule has 0 fully saturated rings. The molecule has 0 spiro atoms. The van der Waals surface area contributed by atoms with Gasteiger partial charge in [0.2, 0.25) is 0 Å². The van der Waals surface area contributed by atoms with E-state index < -0.39 is 0 Å². The van der Waals surface area contributed by atoms with Crippen molar-refractivity contribution in [2.75, 3.05) is 13.7 Å². The van der Waals surface area contributed by atoms with Gasteiger partial charge in [-0.2, -0.15) is 0 Å². The van der Waals surface area contributed by atoms with Gasteiger partial charge in [0.15, 0.2) is 6.61 Å². The number of hydrogen-bond acceptors (Lipinski definition) is 3. The maximum atomic E-state index is 12.1. The number of carbonyl (C=O) groups excluding carboxylic acids is 1.